The van der Waals surface area contributed by atoms with Crippen LogP contribution in [0.5, 0.6) is 0 Å². The van der Waals surface area contributed by atoms with Gasteiger partial charge in [0.2, 0.25) is 12.8 Å². The Morgan fingerprint density at radius 1 is 1.03 bits per heavy atom. The Morgan fingerprint density at radius 2 is 1.72 bits per heavy atom. The van der Waals surface area contributed by atoms with Crippen molar-refractivity contribution in [2.24, 2.45) is 11.5 Å². The molecule has 5 heterocycles. The smallest absolute Gasteiger partial charge is 0.372 e. The predicted octanol–water partition coefficient (Wildman–Crippen LogP) is -2.05. The summed E-state index contributed by atoms with van der Waals surface area (Å²) in [6, 6.07) is 1.12. The number of halogens is 1. The van der Waals surface area contributed by atoms with E-state index in [1.165, 1.54) is 6.07 Å². The van der Waals surface area contributed by atoms with Gasteiger partial charge in [-0.2, -0.15) is 0 Å². The number of amides is 8. The predicted molar refractivity (Wildman–Crippen MR) is 240 cm³/mol. The summed E-state index contributed by atoms with van der Waals surface area (Å²) < 4.78 is 28.6. The minimum absolute atomic E-state index is 0.102. The monoisotopic (exact) mass is 1140 g/mol. The van der Waals surface area contributed by atoms with Crippen molar-refractivity contribution in [3.63, 3.8) is 0 Å². The van der Waals surface area contributed by atoms with E-state index in [0.29, 0.717) is 89.0 Å². The summed E-state index contributed by atoms with van der Waals surface area (Å²) in [5.74, 6) is -5.19. The number of esters is 1. The van der Waals surface area contributed by atoms with Crippen molar-refractivity contribution < 1.29 is 57.0 Å². The van der Waals surface area contributed by atoms with Gasteiger partial charge in [0.15, 0.2) is 0 Å². The number of aryl methyl sites for hydroxylation is 1. The van der Waals surface area contributed by atoms with Gasteiger partial charge >= 0.3 is 218 Å². The first kappa shape index (κ1) is 52.5. The van der Waals surface area contributed by atoms with E-state index in [4.69, 9.17) is 29.8 Å². The van der Waals surface area contributed by atoms with E-state index >= 15 is 4.39 Å². The molecule has 4 aliphatic rings. The quantitative estimate of drug-likeness (QED) is 0.0150. The fourth-order valence-corrected chi connectivity index (χ4v) is 9.58. The Morgan fingerprint density at radius 3 is 2.35 bits per heavy atom. The van der Waals surface area contributed by atoms with Crippen molar-refractivity contribution in [3.05, 3.63) is 73.8 Å². The van der Waals surface area contributed by atoms with E-state index < -0.39 is 53.4 Å². The van der Waals surface area contributed by atoms with Gasteiger partial charge in [-0.3, -0.25) is 19.2 Å². The number of carbonyl (C=O) groups is 9. The Kier molecular flexibility index (Phi) is 18.5. The molecule has 9 N–H and O–H groups in total. The molecule has 24 heteroatoms. The van der Waals surface area contributed by atoms with Crippen LogP contribution in [0.25, 0.3) is 22.3 Å². The fraction of sp³-hybridized carbons (Fsp3) is 0.432. The van der Waals surface area contributed by atoms with Gasteiger partial charge in [0, 0.05) is 24.1 Å². The summed E-state index contributed by atoms with van der Waals surface area (Å²) in [5, 5.41) is 13.3. The van der Waals surface area contributed by atoms with Crippen LogP contribution in [0.15, 0.2) is 29.1 Å². The van der Waals surface area contributed by atoms with E-state index in [1.807, 2.05) is 13.0 Å². The van der Waals surface area contributed by atoms with Crippen LogP contribution in [0.3, 0.4) is 0 Å². The van der Waals surface area contributed by atoms with Crippen LogP contribution in [0.1, 0.15) is 71.4 Å². The number of nitrogens with zero attached hydrogens (tertiary/aromatic N) is 3. The molecule has 22 nitrogen and oxygen atoms in total. The summed E-state index contributed by atoms with van der Waals surface area (Å²) in [5.41, 5.74) is 15.3. The zero-order chi connectivity index (χ0) is 49.8. The molecule has 68 heavy (non-hydrogen) atoms. The topological polar surface area (TPSA) is 322 Å². The third-order valence-electron chi connectivity index (χ3n) is 11.7. The standard InChI is InChI=1S/C41H44FN8O10.C2H5NO.CH3NO.Pb/c1-4-22-24-11-29-37-25(15-49(29)40(57)26(24)17-60-41(22)58)35-21(5-6-23-19(2)27(42)12-28(48-37)36(23)35)16-59-18-46-32(52)14-45-38(55)20(3)47-31(51)9-10-44-39(56)30(13-43)50-33(53)7-8-34(50)54;1-3-2-4;2-1-3;/h7-8,11-12,20-22,30H,3-6,9-10,13-18,43H2,1-2H3,(H,44,56)(H,45,55)(H,46,52)(H,47,51);2H,1H3,(H,3,4);1H,(H2,2,3);. The second kappa shape index (κ2) is 24.0. The van der Waals surface area contributed by atoms with E-state index in [2.05, 4.69) is 32.3 Å². The van der Waals surface area contributed by atoms with Gasteiger partial charge in [-0.25, -0.2) is 9.37 Å². The number of hydrogen-bond donors (Lipinski definition) is 7. The van der Waals surface area contributed by atoms with Crippen LogP contribution in [-0.2, 0) is 72.2 Å². The number of benzene rings is 1. The molecule has 0 saturated carbocycles. The first-order valence-corrected chi connectivity index (χ1v) is 24.3. The van der Waals surface area contributed by atoms with Crippen molar-refractivity contribution in [2.45, 2.75) is 80.6 Å². The van der Waals surface area contributed by atoms with Crippen LogP contribution in [0.2, 0.25) is 3.98 Å². The number of nitrogens with one attached hydrogen (secondary N) is 5. The molecule has 1 aliphatic carbocycles. The molecule has 1 aromatic carbocycles. The number of ether oxygens (including phenoxy) is 2. The molecular formula is C44H52FN10O12Pb. The number of pyridine rings is 2. The summed E-state index contributed by atoms with van der Waals surface area (Å²) >= 11 is 0.547. The molecule has 0 saturated heterocycles. The number of carbonyl (C=O) groups excluding carboxylic acids is 9. The zero-order valence-electron chi connectivity index (χ0n) is 37.5. The van der Waals surface area contributed by atoms with E-state index in [-0.39, 0.29) is 82.2 Å². The minimum Gasteiger partial charge on any atom is -0.372 e. The number of primary amides is 1. The Bertz CT molecular complexity index is 2590. The van der Waals surface area contributed by atoms with Crippen LogP contribution < -0.4 is 43.6 Å². The number of aromatic nitrogens is 2. The van der Waals surface area contributed by atoms with Crippen molar-refractivity contribution in [2.75, 3.05) is 40.0 Å². The molecular weight excluding hydrogens is 1090 g/mol. The molecule has 0 bridgehead atoms. The number of hydrogen-bond acceptors (Lipinski definition) is 14. The summed E-state index contributed by atoms with van der Waals surface area (Å²) in [7, 11) is 1.56. The van der Waals surface area contributed by atoms with Crippen molar-refractivity contribution >= 4 is 90.9 Å². The fourth-order valence-electron chi connectivity index (χ4n) is 8.47. The third kappa shape index (κ3) is 11.4. The summed E-state index contributed by atoms with van der Waals surface area (Å²) in [4.78, 5) is 124. The molecule has 0 fully saturated rings. The Labute approximate surface area is 404 Å². The number of cyclic esters (lactones) is 1. The summed E-state index contributed by atoms with van der Waals surface area (Å²) in [6.45, 7) is 2.91. The van der Waals surface area contributed by atoms with Gasteiger partial charge in [0.1, 0.15) is 12.4 Å². The average Bonchev–Trinajstić information content (AvgIpc) is 3.86. The minimum atomic E-state index is -1.23. The SMILES string of the molecule is CCC1C(=O)OCc2c1cc1n(c2=O)Cc2c-1nc1cc(F)c(C)c3c1c2C(COCNC(=O)CNC(=O)C([CH2][Pb])NC(=O)CCNC(=O)C(CN)N1C(=O)C=CC1=O)CC3.CNC=O.NC=O. The van der Waals surface area contributed by atoms with E-state index in [0.717, 1.165) is 39.1 Å². The number of rotatable bonds is 17. The zero-order valence-corrected chi connectivity index (χ0v) is 41.4. The van der Waals surface area contributed by atoms with Gasteiger partial charge in [-0.1, -0.05) is 6.92 Å². The van der Waals surface area contributed by atoms with Crippen molar-refractivity contribution in [1.29, 1.82) is 0 Å². The van der Waals surface area contributed by atoms with Crippen molar-refractivity contribution in [1.82, 2.24) is 41.0 Å². The molecule has 361 valence electrons. The summed E-state index contributed by atoms with van der Waals surface area (Å²) in [6.07, 6.45) is 4.40. The third-order valence-corrected chi connectivity index (χ3v) is 13.3. The molecule has 2 aromatic heterocycles. The molecule has 0 spiro atoms. The van der Waals surface area contributed by atoms with Crippen molar-refractivity contribution in [3.8, 4) is 11.4 Å². The number of imide groups is 1. The maximum atomic E-state index is 15.3. The van der Waals surface area contributed by atoms with Crippen LogP contribution in [-0.4, -0.2) is 147 Å². The van der Waals surface area contributed by atoms with Gasteiger partial charge in [-0.05, 0) is 42.5 Å². The average molecular weight is 1140 g/mol. The second-order valence-electron chi connectivity index (χ2n) is 15.7. The Hall–Kier alpha value is -6.48. The molecule has 3 aliphatic heterocycles. The molecule has 7 rings (SSSR count). The molecule has 4 unspecified atom stereocenters. The normalized spacial score (nSPS) is 16.9. The van der Waals surface area contributed by atoms with E-state index in [9.17, 15) is 38.4 Å². The van der Waals surface area contributed by atoms with E-state index in [1.54, 1.807) is 18.5 Å². The van der Waals surface area contributed by atoms with Crippen LogP contribution >= 0.6 is 0 Å². The second-order valence-corrected chi connectivity index (χ2v) is 17.3. The Balaban J connectivity index is 0.00000116. The molecule has 3 radical (unpaired) electrons. The number of nitrogens with two attached hydrogens (primary N) is 2. The number of fused-ring (bicyclic) bond motifs is 5. The van der Waals surface area contributed by atoms with Gasteiger partial charge < -0.3 is 20.4 Å². The van der Waals surface area contributed by atoms with Gasteiger partial charge in [0.25, 0.3) is 5.56 Å². The van der Waals surface area contributed by atoms with Gasteiger partial charge in [0.05, 0.1) is 34.9 Å². The van der Waals surface area contributed by atoms with Gasteiger partial charge in [-0.15, -0.1) is 0 Å². The van der Waals surface area contributed by atoms with Crippen LogP contribution in [0.4, 0.5) is 4.39 Å². The first-order valence-electron chi connectivity index (χ1n) is 21.5. The first-order chi connectivity index (χ1) is 32.6. The molecule has 4 atom stereocenters. The van der Waals surface area contributed by atoms with Crippen LogP contribution in [0, 0.1) is 12.7 Å². The molecule has 3 aromatic rings. The molecule has 8 amide bonds. The maximum absolute atomic E-state index is 15.3.